The molecule has 1 aromatic heterocycles. The van der Waals surface area contributed by atoms with Gasteiger partial charge in [-0.1, -0.05) is 39.0 Å². The van der Waals surface area contributed by atoms with Crippen molar-refractivity contribution in [2.75, 3.05) is 9.80 Å². The summed E-state index contributed by atoms with van der Waals surface area (Å²) in [5.41, 5.74) is 3.93. The summed E-state index contributed by atoms with van der Waals surface area (Å²) >= 11 is 0. The average Bonchev–Trinajstić information content (AvgIpc) is 3.15. The van der Waals surface area contributed by atoms with Crippen LogP contribution < -0.4 is 14.5 Å². The van der Waals surface area contributed by atoms with Gasteiger partial charge in [0, 0.05) is 23.5 Å². The fourth-order valence-corrected chi connectivity index (χ4v) is 5.68. The van der Waals surface area contributed by atoms with E-state index in [2.05, 4.69) is 53.8 Å². The third-order valence-corrected chi connectivity index (χ3v) is 6.95. The predicted molar refractivity (Wildman–Crippen MR) is 109 cm³/mol. The van der Waals surface area contributed by atoms with Crippen molar-refractivity contribution >= 4 is 17.3 Å². The van der Waals surface area contributed by atoms with Crippen LogP contribution in [0.4, 0.5) is 11.4 Å². The van der Waals surface area contributed by atoms with Crippen molar-refractivity contribution in [3.05, 3.63) is 60.1 Å². The monoisotopic (exact) mass is 375 g/mol. The molecule has 1 aromatic carbocycles. The van der Waals surface area contributed by atoms with Crippen molar-refractivity contribution in [1.82, 2.24) is 4.98 Å². The molecule has 0 saturated heterocycles. The Labute approximate surface area is 165 Å². The zero-order valence-corrected chi connectivity index (χ0v) is 16.6. The number of pyridine rings is 1. The second-order valence-electron chi connectivity index (χ2n) is 7.85. The fourth-order valence-electron chi connectivity index (χ4n) is 5.68. The first-order valence-corrected chi connectivity index (χ1v) is 10.2. The normalized spacial score (nSPS) is 24.0. The van der Waals surface area contributed by atoms with Crippen molar-refractivity contribution in [2.45, 2.75) is 52.1 Å². The highest BCUT2D eigenvalue weighted by atomic mass is 16.5. The van der Waals surface area contributed by atoms with E-state index in [9.17, 15) is 4.79 Å². The highest BCUT2D eigenvalue weighted by molar-refractivity contribution is 6.01. The molecular weight excluding hydrogens is 350 g/mol. The molecule has 0 fully saturated rings. The molecule has 0 bridgehead atoms. The summed E-state index contributed by atoms with van der Waals surface area (Å²) in [6.45, 7) is 6.82. The maximum absolute atomic E-state index is 12.8. The van der Waals surface area contributed by atoms with Gasteiger partial charge in [-0.15, -0.1) is 0 Å². The van der Waals surface area contributed by atoms with Crippen molar-refractivity contribution in [2.24, 2.45) is 5.41 Å². The molecule has 0 saturated carbocycles. The molecule has 5 heteroatoms. The second-order valence-corrected chi connectivity index (χ2v) is 7.85. The molecule has 144 valence electrons. The van der Waals surface area contributed by atoms with E-state index in [-0.39, 0.29) is 17.6 Å². The van der Waals surface area contributed by atoms with Crippen LogP contribution in [0.15, 0.2) is 54.5 Å². The Morgan fingerprint density at radius 3 is 2.54 bits per heavy atom. The molecule has 2 aromatic rings. The Morgan fingerprint density at radius 1 is 1.11 bits per heavy atom. The van der Waals surface area contributed by atoms with E-state index >= 15 is 0 Å². The van der Waals surface area contributed by atoms with Crippen molar-refractivity contribution in [3.8, 4) is 5.88 Å². The number of carbonyl (C=O) groups is 1. The van der Waals surface area contributed by atoms with E-state index in [1.807, 2.05) is 24.4 Å². The Bertz CT molecular complexity index is 965. The molecule has 0 spiro atoms. The number of ether oxygens (including phenoxy) is 1. The Kier molecular flexibility index (Phi) is 3.76. The van der Waals surface area contributed by atoms with Gasteiger partial charge in [0.25, 0.3) is 0 Å². The lowest BCUT2D eigenvalue weighted by molar-refractivity contribution is -0.131. The highest BCUT2D eigenvalue weighted by Crippen LogP contribution is 2.61. The summed E-state index contributed by atoms with van der Waals surface area (Å²) in [7, 11) is 0. The van der Waals surface area contributed by atoms with Gasteiger partial charge >= 0.3 is 5.97 Å². The zero-order valence-electron chi connectivity index (χ0n) is 16.6. The highest BCUT2D eigenvalue weighted by Gasteiger charge is 2.58. The van der Waals surface area contributed by atoms with Crippen LogP contribution >= 0.6 is 0 Å². The van der Waals surface area contributed by atoms with Crippen LogP contribution in [0.1, 0.15) is 51.5 Å². The number of esters is 1. The third-order valence-electron chi connectivity index (χ3n) is 6.95. The SMILES string of the molecule is CCC1c2ccnc3c2N2C(=CN(c4ccccc4)C2C1(CC)CC)C(=O)O3. The topological polar surface area (TPSA) is 45.7 Å². The standard InChI is InChI=1S/C23H25N3O2/c1-4-17-16-12-13-24-20-19(16)26-18(21(27)28-20)14-25(15-10-8-7-9-11-15)22(26)23(17,5-2)6-3/h7-14,17,22H,4-6H2,1-3H3. The van der Waals surface area contributed by atoms with E-state index < -0.39 is 0 Å². The number of rotatable bonds is 4. The molecule has 0 N–H and O–H groups in total. The molecule has 2 atom stereocenters. The van der Waals surface area contributed by atoms with Crippen LogP contribution in [0.3, 0.4) is 0 Å². The minimum Gasteiger partial charge on any atom is -0.400 e. The molecule has 0 radical (unpaired) electrons. The summed E-state index contributed by atoms with van der Waals surface area (Å²) < 4.78 is 5.63. The lowest BCUT2D eigenvalue weighted by Gasteiger charge is -2.55. The minimum atomic E-state index is -0.323. The molecule has 28 heavy (non-hydrogen) atoms. The summed E-state index contributed by atoms with van der Waals surface area (Å²) in [5, 5.41) is 0. The molecule has 3 aliphatic rings. The Morgan fingerprint density at radius 2 is 1.86 bits per heavy atom. The van der Waals surface area contributed by atoms with E-state index in [1.54, 1.807) is 6.20 Å². The number of para-hydroxylation sites is 1. The summed E-state index contributed by atoms with van der Waals surface area (Å²) in [5.74, 6) is 0.492. The largest absolute Gasteiger partial charge is 0.400 e. The van der Waals surface area contributed by atoms with E-state index in [1.165, 1.54) is 5.56 Å². The number of hydrogen-bond acceptors (Lipinski definition) is 5. The quantitative estimate of drug-likeness (QED) is 0.718. The summed E-state index contributed by atoms with van der Waals surface area (Å²) in [4.78, 5) is 21.7. The number of carbonyl (C=O) groups excluding carboxylic acids is 1. The van der Waals surface area contributed by atoms with Crippen molar-refractivity contribution in [3.63, 3.8) is 0 Å². The lowest BCUT2D eigenvalue weighted by Crippen LogP contribution is -2.59. The Balaban J connectivity index is 1.81. The first-order chi connectivity index (χ1) is 13.7. The first-order valence-electron chi connectivity index (χ1n) is 10.2. The van der Waals surface area contributed by atoms with Crippen LogP contribution in [0, 0.1) is 5.41 Å². The van der Waals surface area contributed by atoms with Gasteiger partial charge in [-0.05, 0) is 48.9 Å². The Hall–Kier alpha value is -2.82. The second kappa shape index (κ2) is 6.09. The number of hydrogen-bond donors (Lipinski definition) is 0. The van der Waals surface area contributed by atoms with Crippen LogP contribution in [0.25, 0.3) is 0 Å². The third kappa shape index (κ3) is 2.02. The van der Waals surface area contributed by atoms with Gasteiger partial charge in [0.15, 0.2) is 0 Å². The smallest absolute Gasteiger partial charge is 0.363 e. The van der Waals surface area contributed by atoms with Gasteiger partial charge in [0.1, 0.15) is 17.6 Å². The number of nitrogens with zero attached hydrogens (tertiary/aromatic N) is 3. The zero-order chi connectivity index (χ0) is 19.5. The molecular formula is C23H25N3O2. The fraction of sp³-hybridized carbons (Fsp3) is 0.391. The predicted octanol–water partition coefficient (Wildman–Crippen LogP) is 4.81. The molecule has 5 rings (SSSR count). The lowest BCUT2D eigenvalue weighted by atomic mass is 9.62. The van der Waals surface area contributed by atoms with E-state index in [4.69, 9.17) is 4.74 Å². The molecule has 3 aliphatic heterocycles. The van der Waals surface area contributed by atoms with Gasteiger partial charge in [-0.2, -0.15) is 0 Å². The molecule has 0 aliphatic carbocycles. The average molecular weight is 375 g/mol. The molecule has 0 amide bonds. The minimum absolute atomic E-state index is 0.00604. The number of benzene rings is 1. The summed E-state index contributed by atoms with van der Waals surface area (Å²) in [6, 6.07) is 12.4. The van der Waals surface area contributed by atoms with Crippen LogP contribution in [-0.4, -0.2) is 17.1 Å². The van der Waals surface area contributed by atoms with Gasteiger partial charge in [0.2, 0.25) is 5.88 Å². The molecule has 2 unspecified atom stereocenters. The van der Waals surface area contributed by atoms with Crippen molar-refractivity contribution in [1.29, 1.82) is 0 Å². The van der Waals surface area contributed by atoms with Crippen LogP contribution in [-0.2, 0) is 4.79 Å². The maximum atomic E-state index is 12.8. The van der Waals surface area contributed by atoms with Crippen LogP contribution in [0.2, 0.25) is 0 Å². The van der Waals surface area contributed by atoms with Crippen molar-refractivity contribution < 1.29 is 9.53 Å². The van der Waals surface area contributed by atoms with Gasteiger partial charge in [0.05, 0.1) is 0 Å². The summed E-state index contributed by atoms with van der Waals surface area (Å²) in [6.07, 6.45) is 6.88. The van der Waals surface area contributed by atoms with E-state index in [0.29, 0.717) is 17.5 Å². The maximum Gasteiger partial charge on any atom is 0.363 e. The van der Waals surface area contributed by atoms with Gasteiger partial charge < -0.3 is 14.5 Å². The number of aromatic nitrogens is 1. The molecule has 5 nitrogen and oxygen atoms in total. The van der Waals surface area contributed by atoms with E-state index in [0.717, 1.165) is 30.6 Å². The number of anilines is 2. The molecule has 4 heterocycles. The van der Waals surface area contributed by atoms with Gasteiger partial charge in [-0.25, -0.2) is 9.78 Å². The first kappa shape index (κ1) is 17.3. The van der Waals surface area contributed by atoms with Gasteiger partial charge in [-0.3, -0.25) is 0 Å². The van der Waals surface area contributed by atoms with Crippen LogP contribution in [0.5, 0.6) is 5.88 Å².